The molecule has 0 radical (unpaired) electrons. The molecule has 0 aliphatic heterocycles. The predicted molar refractivity (Wildman–Crippen MR) is 72.9 cm³/mol. The van der Waals surface area contributed by atoms with Crippen molar-refractivity contribution in [3.8, 4) is 0 Å². The van der Waals surface area contributed by atoms with Gasteiger partial charge in [0.2, 0.25) is 0 Å². The van der Waals surface area contributed by atoms with Crippen LogP contribution in [0.4, 0.5) is 5.82 Å². The number of anilines is 1. The fourth-order valence-corrected chi connectivity index (χ4v) is 2.47. The average Bonchev–Trinajstić information content (AvgIpc) is 3.30. The van der Waals surface area contributed by atoms with Crippen molar-refractivity contribution in [2.45, 2.75) is 38.6 Å². The maximum absolute atomic E-state index is 12.2. The quantitative estimate of drug-likeness (QED) is 0.819. The molecule has 3 rings (SSSR count). The van der Waals surface area contributed by atoms with Crippen molar-refractivity contribution < 1.29 is 4.79 Å². The highest BCUT2D eigenvalue weighted by Crippen LogP contribution is 2.44. The second-order valence-corrected chi connectivity index (χ2v) is 5.49. The van der Waals surface area contributed by atoms with E-state index in [0.29, 0.717) is 29.4 Å². The molecule has 5 nitrogen and oxygen atoms in total. The first-order valence-corrected chi connectivity index (χ1v) is 7.14. The van der Waals surface area contributed by atoms with E-state index in [1.807, 2.05) is 6.92 Å². The van der Waals surface area contributed by atoms with Gasteiger partial charge in [0, 0.05) is 12.6 Å². The van der Waals surface area contributed by atoms with E-state index in [-0.39, 0.29) is 5.91 Å². The first-order chi connectivity index (χ1) is 9.28. The lowest BCUT2D eigenvalue weighted by atomic mass is 10.1. The fourth-order valence-electron chi connectivity index (χ4n) is 2.47. The molecule has 2 saturated carbocycles. The van der Waals surface area contributed by atoms with Crippen LogP contribution in [0.25, 0.3) is 0 Å². The highest BCUT2D eigenvalue weighted by atomic mass is 16.2. The second-order valence-electron chi connectivity index (χ2n) is 5.49. The summed E-state index contributed by atoms with van der Waals surface area (Å²) in [5.41, 5.74) is 0.410. The van der Waals surface area contributed by atoms with Gasteiger partial charge in [-0.15, -0.1) is 0 Å². The molecule has 0 atom stereocenters. The molecule has 2 aliphatic rings. The number of hydrogen-bond acceptors (Lipinski definition) is 4. The van der Waals surface area contributed by atoms with E-state index < -0.39 is 0 Å². The summed E-state index contributed by atoms with van der Waals surface area (Å²) in [7, 11) is 0. The lowest BCUT2D eigenvalue weighted by Gasteiger charge is -2.17. The number of amides is 1. The predicted octanol–water partition coefficient (Wildman–Crippen LogP) is 1.83. The van der Waals surface area contributed by atoms with Gasteiger partial charge < -0.3 is 10.6 Å². The summed E-state index contributed by atoms with van der Waals surface area (Å²) in [5, 5.41) is 6.21. The lowest BCUT2D eigenvalue weighted by Crippen LogP contribution is -2.38. The lowest BCUT2D eigenvalue weighted by molar-refractivity contribution is 0.0921. The number of rotatable bonds is 6. The minimum absolute atomic E-state index is 0.0839. The Hall–Kier alpha value is -1.65. The van der Waals surface area contributed by atoms with Gasteiger partial charge in [-0.25, -0.2) is 9.97 Å². The van der Waals surface area contributed by atoms with Crippen molar-refractivity contribution in [2.75, 3.05) is 11.9 Å². The summed E-state index contributed by atoms with van der Waals surface area (Å²) in [5.74, 6) is 2.02. The molecule has 5 heteroatoms. The topological polar surface area (TPSA) is 66.9 Å². The first-order valence-electron chi connectivity index (χ1n) is 7.14. The number of nitrogens with one attached hydrogen (secondary N) is 2. The fraction of sp³-hybridized carbons (Fsp3) is 0.643. The molecule has 1 aromatic rings. The molecule has 2 N–H and O–H groups in total. The van der Waals surface area contributed by atoms with Gasteiger partial charge >= 0.3 is 0 Å². The Morgan fingerprint density at radius 2 is 1.95 bits per heavy atom. The molecule has 0 bridgehead atoms. The molecular formula is C14H20N4O. The van der Waals surface area contributed by atoms with Gasteiger partial charge in [0.25, 0.3) is 5.91 Å². The van der Waals surface area contributed by atoms with Crippen LogP contribution in [-0.2, 0) is 0 Å². The van der Waals surface area contributed by atoms with Crippen molar-refractivity contribution in [3.63, 3.8) is 0 Å². The molecule has 2 aliphatic carbocycles. The molecule has 0 spiro atoms. The highest BCUT2D eigenvalue weighted by Gasteiger charge is 2.42. The summed E-state index contributed by atoms with van der Waals surface area (Å²) < 4.78 is 0. The van der Waals surface area contributed by atoms with Crippen LogP contribution in [0.15, 0.2) is 12.4 Å². The van der Waals surface area contributed by atoms with Crippen LogP contribution in [0.2, 0.25) is 0 Å². The number of carbonyl (C=O) groups is 1. The van der Waals surface area contributed by atoms with Crippen molar-refractivity contribution in [2.24, 2.45) is 11.8 Å². The van der Waals surface area contributed by atoms with Gasteiger partial charge in [-0.2, -0.15) is 0 Å². The van der Waals surface area contributed by atoms with Crippen LogP contribution in [0.1, 0.15) is 43.1 Å². The third-order valence-electron chi connectivity index (χ3n) is 3.80. The zero-order valence-electron chi connectivity index (χ0n) is 11.2. The molecule has 0 unspecified atom stereocenters. The van der Waals surface area contributed by atoms with E-state index in [2.05, 4.69) is 20.6 Å². The van der Waals surface area contributed by atoms with E-state index in [9.17, 15) is 4.79 Å². The Kier molecular flexibility index (Phi) is 3.36. The van der Waals surface area contributed by atoms with Crippen LogP contribution in [0.5, 0.6) is 0 Å². The Balaban J connectivity index is 1.62. The minimum atomic E-state index is -0.0839. The number of carbonyl (C=O) groups excluding carboxylic acids is 1. The number of hydrogen-bond donors (Lipinski definition) is 2. The van der Waals surface area contributed by atoms with E-state index in [4.69, 9.17) is 0 Å². The third kappa shape index (κ3) is 3.03. The monoisotopic (exact) mass is 260 g/mol. The van der Waals surface area contributed by atoms with Crippen LogP contribution < -0.4 is 10.6 Å². The summed E-state index contributed by atoms with van der Waals surface area (Å²) in [6.07, 6.45) is 8.18. The Bertz CT molecular complexity index is 439. The van der Waals surface area contributed by atoms with Gasteiger partial charge in [-0.05, 0) is 44.4 Å². The Labute approximate surface area is 113 Å². The molecule has 0 aromatic carbocycles. The van der Waals surface area contributed by atoms with Crippen LogP contribution >= 0.6 is 0 Å². The molecule has 0 saturated heterocycles. The van der Waals surface area contributed by atoms with Gasteiger partial charge in [0.15, 0.2) is 0 Å². The molecule has 1 amide bonds. The normalized spacial score (nSPS) is 18.4. The van der Waals surface area contributed by atoms with Gasteiger partial charge in [-0.1, -0.05) is 0 Å². The van der Waals surface area contributed by atoms with Crippen molar-refractivity contribution in [3.05, 3.63) is 18.1 Å². The van der Waals surface area contributed by atoms with E-state index in [1.165, 1.54) is 25.7 Å². The number of nitrogens with zero attached hydrogens (tertiary/aromatic N) is 2. The standard InChI is InChI=1S/C14H20N4O/c1-2-15-12-8-16-11(7-17-12)14(19)18-13(9-3-4-9)10-5-6-10/h7-10,13H,2-6H2,1H3,(H,15,17)(H,18,19). The van der Waals surface area contributed by atoms with Gasteiger partial charge in [0.1, 0.15) is 11.5 Å². The van der Waals surface area contributed by atoms with Crippen LogP contribution in [-0.4, -0.2) is 28.5 Å². The number of aromatic nitrogens is 2. The molecule has 19 heavy (non-hydrogen) atoms. The molecule has 2 fully saturated rings. The summed E-state index contributed by atoms with van der Waals surface area (Å²) >= 11 is 0. The van der Waals surface area contributed by atoms with Gasteiger partial charge in [-0.3, -0.25) is 4.79 Å². The molecular weight excluding hydrogens is 240 g/mol. The second kappa shape index (κ2) is 5.15. The zero-order valence-corrected chi connectivity index (χ0v) is 11.2. The summed E-state index contributed by atoms with van der Waals surface area (Å²) in [6, 6.07) is 0.364. The Morgan fingerprint density at radius 3 is 2.42 bits per heavy atom. The smallest absolute Gasteiger partial charge is 0.271 e. The van der Waals surface area contributed by atoms with E-state index in [1.54, 1.807) is 12.4 Å². The van der Waals surface area contributed by atoms with Crippen molar-refractivity contribution in [1.29, 1.82) is 0 Å². The first kappa shape index (κ1) is 12.4. The molecule has 102 valence electrons. The zero-order chi connectivity index (χ0) is 13.2. The maximum Gasteiger partial charge on any atom is 0.271 e. The third-order valence-corrected chi connectivity index (χ3v) is 3.80. The maximum atomic E-state index is 12.2. The van der Waals surface area contributed by atoms with Crippen LogP contribution in [0.3, 0.4) is 0 Å². The highest BCUT2D eigenvalue weighted by molar-refractivity contribution is 5.92. The van der Waals surface area contributed by atoms with E-state index in [0.717, 1.165) is 6.54 Å². The molecule has 1 heterocycles. The van der Waals surface area contributed by atoms with Crippen molar-refractivity contribution >= 4 is 11.7 Å². The van der Waals surface area contributed by atoms with E-state index >= 15 is 0 Å². The largest absolute Gasteiger partial charge is 0.369 e. The van der Waals surface area contributed by atoms with Crippen LogP contribution in [0, 0.1) is 11.8 Å². The Morgan fingerprint density at radius 1 is 1.26 bits per heavy atom. The molecule has 1 aromatic heterocycles. The minimum Gasteiger partial charge on any atom is -0.369 e. The average molecular weight is 260 g/mol. The summed E-state index contributed by atoms with van der Waals surface area (Å²) in [6.45, 7) is 2.80. The summed E-state index contributed by atoms with van der Waals surface area (Å²) in [4.78, 5) is 20.5. The van der Waals surface area contributed by atoms with Gasteiger partial charge in [0.05, 0.1) is 12.4 Å². The SMILES string of the molecule is CCNc1cnc(C(=O)NC(C2CC2)C2CC2)cn1. The van der Waals surface area contributed by atoms with Crippen molar-refractivity contribution in [1.82, 2.24) is 15.3 Å².